The maximum Gasteiger partial charge on any atom is 0.123 e. The fourth-order valence-electron chi connectivity index (χ4n) is 2.91. The van der Waals surface area contributed by atoms with Crippen LogP contribution >= 0.6 is 0 Å². The minimum absolute atomic E-state index is 0.140. The van der Waals surface area contributed by atoms with Gasteiger partial charge >= 0.3 is 0 Å². The lowest BCUT2D eigenvalue weighted by Crippen LogP contribution is -2.41. The summed E-state index contributed by atoms with van der Waals surface area (Å²) >= 11 is 0. The molecule has 0 aliphatic heterocycles. The standard InChI is InChI=1S/C17H20FNO/c1-11-6-7-17(20-11)12(2)19-16-9-14(10-16)13-4-3-5-15(18)8-13/h3-8,12,14,16,19H,9-10H2,1-2H3. The van der Waals surface area contributed by atoms with Gasteiger partial charge in [-0.05, 0) is 62.4 Å². The van der Waals surface area contributed by atoms with Crippen molar-refractivity contribution < 1.29 is 8.81 Å². The van der Waals surface area contributed by atoms with Gasteiger partial charge in [-0.15, -0.1) is 0 Å². The molecule has 0 radical (unpaired) electrons. The number of benzene rings is 1. The third kappa shape index (κ3) is 2.78. The summed E-state index contributed by atoms with van der Waals surface area (Å²) in [6.07, 6.45) is 2.13. The number of halogens is 1. The molecule has 1 fully saturated rings. The van der Waals surface area contributed by atoms with Gasteiger partial charge in [-0.2, -0.15) is 0 Å². The summed E-state index contributed by atoms with van der Waals surface area (Å²) in [4.78, 5) is 0. The topological polar surface area (TPSA) is 25.2 Å². The van der Waals surface area contributed by atoms with Crippen LogP contribution in [0, 0.1) is 12.7 Å². The van der Waals surface area contributed by atoms with Gasteiger partial charge in [0.05, 0.1) is 6.04 Å². The number of nitrogens with one attached hydrogen (secondary N) is 1. The molecule has 1 saturated carbocycles. The second-order valence-corrected chi connectivity index (χ2v) is 5.76. The minimum atomic E-state index is -0.140. The monoisotopic (exact) mass is 273 g/mol. The van der Waals surface area contributed by atoms with Crippen LogP contribution in [0.15, 0.2) is 40.8 Å². The zero-order chi connectivity index (χ0) is 14.1. The first-order chi connectivity index (χ1) is 9.61. The van der Waals surface area contributed by atoms with E-state index in [4.69, 9.17) is 4.42 Å². The summed E-state index contributed by atoms with van der Waals surface area (Å²) in [5, 5.41) is 3.57. The maximum atomic E-state index is 13.2. The summed E-state index contributed by atoms with van der Waals surface area (Å²) < 4.78 is 18.8. The Bertz CT molecular complexity index is 586. The Hall–Kier alpha value is -1.61. The van der Waals surface area contributed by atoms with Gasteiger partial charge in [-0.1, -0.05) is 12.1 Å². The molecule has 3 heteroatoms. The number of hydrogen-bond donors (Lipinski definition) is 1. The van der Waals surface area contributed by atoms with E-state index in [-0.39, 0.29) is 11.9 Å². The van der Waals surface area contributed by atoms with Gasteiger partial charge in [0.2, 0.25) is 0 Å². The Labute approximate surface area is 119 Å². The molecule has 1 unspecified atom stereocenters. The van der Waals surface area contributed by atoms with Crippen LogP contribution in [0.25, 0.3) is 0 Å². The fraction of sp³-hybridized carbons (Fsp3) is 0.412. The van der Waals surface area contributed by atoms with E-state index in [1.807, 2.05) is 25.1 Å². The van der Waals surface area contributed by atoms with E-state index in [1.54, 1.807) is 12.1 Å². The van der Waals surface area contributed by atoms with E-state index < -0.39 is 0 Å². The quantitative estimate of drug-likeness (QED) is 0.897. The maximum absolute atomic E-state index is 13.2. The number of rotatable bonds is 4. The van der Waals surface area contributed by atoms with Crippen molar-refractivity contribution in [1.82, 2.24) is 5.32 Å². The molecule has 2 aromatic rings. The van der Waals surface area contributed by atoms with Crippen LogP contribution in [0.2, 0.25) is 0 Å². The largest absolute Gasteiger partial charge is 0.465 e. The molecule has 0 spiro atoms. The number of aryl methyl sites for hydroxylation is 1. The van der Waals surface area contributed by atoms with Crippen molar-refractivity contribution in [3.63, 3.8) is 0 Å². The zero-order valence-electron chi connectivity index (χ0n) is 11.9. The molecule has 1 heterocycles. The molecule has 1 aromatic heterocycles. The van der Waals surface area contributed by atoms with Crippen LogP contribution in [-0.2, 0) is 0 Å². The van der Waals surface area contributed by atoms with Gasteiger partial charge in [0.1, 0.15) is 17.3 Å². The van der Waals surface area contributed by atoms with Gasteiger partial charge in [0, 0.05) is 6.04 Å². The second kappa shape index (κ2) is 5.41. The summed E-state index contributed by atoms with van der Waals surface area (Å²) in [5.74, 6) is 2.27. The first kappa shape index (κ1) is 13.4. The normalized spacial score (nSPS) is 23.4. The molecule has 1 aliphatic carbocycles. The Morgan fingerprint density at radius 2 is 2.05 bits per heavy atom. The molecule has 0 saturated heterocycles. The van der Waals surface area contributed by atoms with E-state index >= 15 is 0 Å². The van der Waals surface area contributed by atoms with E-state index in [2.05, 4.69) is 12.2 Å². The Morgan fingerprint density at radius 3 is 2.70 bits per heavy atom. The van der Waals surface area contributed by atoms with Crippen LogP contribution in [0.3, 0.4) is 0 Å². The highest BCUT2D eigenvalue weighted by Gasteiger charge is 2.31. The molecule has 20 heavy (non-hydrogen) atoms. The van der Waals surface area contributed by atoms with Crippen molar-refractivity contribution >= 4 is 0 Å². The highest BCUT2D eigenvalue weighted by Crippen LogP contribution is 2.38. The molecular formula is C17H20FNO. The molecule has 0 amide bonds. The van der Waals surface area contributed by atoms with Gasteiger partial charge in [0.25, 0.3) is 0 Å². The SMILES string of the molecule is Cc1ccc(C(C)NC2CC(c3cccc(F)c3)C2)o1. The van der Waals surface area contributed by atoms with E-state index in [9.17, 15) is 4.39 Å². The first-order valence-electron chi connectivity index (χ1n) is 7.19. The minimum Gasteiger partial charge on any atom is -0.465 e. The van der Waals surface area contributed by atoms with Crippen LogP contribution in [0.5, 0.6) is 0 Å². The van der Waals surface area contributed by atoms with Gasteiger partial charge in [-0.3, -0.25) is 0 Å². The fourth-order valence-corrected chi connectivity index (χ4v) is 2.91. The van der Waals surface area contributed by atoms with Crippen LogP contribution in [-0.4, -0.2) is 6.04 Å². The summed E-state index contributed by atoms with van der Waals surface area (Å²) in [6.45, 7) is 4.08. The third-order valence-electron chi connectivity index (χ3n) is 4.13. The molecule has 1 atom stereocenters. The van der Waals surface area contributed by atoms with Gasteiger partial charge in [0.15, 0.2) is 0 Å². The van der Waals surface area contributed by atoms with E-state index in [0.29, 0.717) is 12.0 Å². The predicted octanol–water partition coefficient (Wildman–Crippen LogP) is 4.32. The van der Waals surface area contributed by atoms with Gasteiger partial charge in [-0.25, -0.2) is 4.39 Å². The highest BCUT2D eigenvalue weighted by atomic mass is 19.1. The van der Waals surface area contributed by atoms with Gasteiger partial charge < -0.3 is 9.73 Å². The lowest BCUT2D eigenvalue weighted by Gasteiger charge is -2.37. The van der Waals surface area contributed by atoms with E-state index in [1.165, 1.54) is 6.07 Å². The average molecular weight is 273 g/mol. The molecule has 1 aliphatic rings. The summed E-state index contributed by atoms with van der Waals surface area (Å²) in [5.41, 5.74) is 1.12. The lowest BCUT2D eigenvalue weighted by molar-refractivity contribution is 0.257. The summed E-state index contributed by atoms with van der Waals surface area (Å²) in [6, 6.07) is 11.7. The van der Waals surface area contributed by atoms with Crippen molar-refractivity contribution in [2.24, 2.45) is 0 Å². The predicted molar refractivity (Wildman–Crippen MR) is 77.2 cm³/mol. The average Bonchev–Trinajstić information content (AvgIpc) is 2.80. The molecule has 3 rings (SSSR count). The summed E-state index contributed by atoms with van der Waals surface area (Å²) in [7, 11) is 0. The Balaban J connectivity index is 1.53. The van der Waals surface area contributed by atoms with Crippen LogP contribution in [0.4, 0.5) is 4.39 Å². The number of furan rings is 1. The van der Waals surface area contributed by atoms with Crippen molar-refractivity contribution in [3.8, 4) is 0 Å². The molecular weight excluding hydrogens is 253 g/mol. The van der Waals surface area contributed by atoms with Crippen LogP contribution < -0.4 is 5.32 Å². The first-order valence-corrected chi connectivity index (χ1v) is 7.19. The van der Waals surface area contributed by atoms with E-state index in [0.717, 1.165) is 29.9 Å². The Kier molecular flexibility index (Phi) is 3.62. The Morgan fingerprint density at radius 1 is 1.25 bits per heavy atom. The molecule has 0 bridgehead atoms. The lowest BCUT2D eigenvalue weighted by atomic mass is 9.75. The molecule has 1 aromatic carbocycles. The van der Waals surface area contributed by atoms with Crippen molar-refractivity contribution in [2.75, 3.05) is 0 Å². The zero-order valence-corrected chi connectivity index (χ0v) is 11.9. The van der Waals surface area contributed by atoms with Crippen molar-refractivity contribution in [3.05, 3.63) is 59.3 Å². The highest BCUT2D eigenvalue weighted by molar-refractivity contribution is 5.24. The molecule has 1 N–H and O–H groups in total. The van der Waals surface area contributed by atoms with Crippen molar-refractivity contribution in [1.29, 1.82) is 0 Å². The van der Waals surface area contributed by atoms with Crippen LogP contribution in [0.1, 0.15) is 48.8 Å². The molecule has 2 nitrogen and oxygen atoms in total. The third-order valence-corrected chi connectivity index (χ3v) is 4.13. The number of hydrogen-bond acceptors (Lipinski definition) is 2. The van der Waals surface area contributed by atoms with Crippen molar-refractivity contribution in [2.45, 2.75) is 44.7 Å². The molecule has 106 valence electrons. The smallest absolute Gasteiger partial charge is 0.123 e. The second-order valence-electron chi connectivity index (χ2n) is 5.76.